The Morgan fingerprint density at radius 1 is 1.50 bits per heavy atom. The molecule has 0 saturated heterocycles. The lowest BCUT2D eigenvalue weighted by Crippen LogP contribution is -1.99. The second-order valence-corrected chi connectivity index (χ2v) is 4.54. The van der Waals surface area contributed by atoms with Crippen molar-refractivity contribution in [2.24, 2.45) is 0 Å². The van der Waals surface area contributed by atoms with E-state index in [4.69, 9.17) is 0 Å². The molecule has 0 amide bonds. The highest BCUT2D eigenvalue weighted by Crippen LogP contribution is 2.25. The molecular formula is C9H8BrIO. The van der Waals surface area contributed by atoms with Gasteiger partial charge in [0.05, 0.1) is 0 Å². The fourth-order valence-corrected chi connectivity index (χ4v) is 2.81. The zero-order valence-electron chi connectivity index (χ0n) is 6.82. The van der Waals surface area contributed by atoms with Crippen molar-refractivity contribution in [1.82, 2.24) is 0 Å². The van der Waals surface area contributed by atoms with E-state index in [1.54, 1.807) is 6.92 Å². The molecular weight excluding hydrogens is 331 g/mol. The zero-order valence-corrected chi connectivity index (χ0v) is 10.6. The average molecular weight is 339 g/mol. The molecule has 0 saturated carbocycles. The summed E-state index contributed by atoms with van der Waals surface area (Å²) in [5.74, 6) is 0.106. The highest BCUT2D eigenvalue weighted by Gasteiger charge is 2.10. The lowest BCUT2D eigenvalue weighted by molar-refractivity contribution is 0.101. The van der Waals surface area contributed by atoms with Crippen LogP contribution < -0.4 is 0 Å². The summed E-state index contributed by atoms with van der Waals surface area (Å²) < 4.78 is 1.92. The van der Waals surface area contributed by atoms with Crippen molar-refractivity contribution < 1.29 is 4.79 Å². The summed E-state index contributed by atoms with van der Waals surface area (Å²) in [6, 6.07) is 3.91. The largest absolute Gasteiger partial charge is 0.294 e. The van der Waals surface area contributed by atoms with Crippen molar-refractivity contribution in [3.8, 4) is 0 Å². The van der Waals surface area contributed by atoms with Crippen LogP contribution in [-0.4, -0.2) is 5.78 Å². The SMILES string of the molecule is CC(=O)c1c(Br)ccc(C)c1I. The molecule has 1 nitrogen and oxygen atoms in total. The molecule has 0 radical (unpaired) electrons. The molecule has 0 N–H and O–H groups in total. The molecule has 1 aromatic carbocycles. The van der Waals surface area contributed by atoms with E-state index in [0.29, 0.717) is 0 Å². The van der Waals surface area contributed by atoms with Crippen LogP contribution in [-0.2, 0) is 0 Å². The minimum Gasteiger partial charge on any atom is -0.294 e. The number of rotatable bonds is 1. The van der Waals surface area contributed by atoms with Crippen LogP contribution in [0, 0.1) is 10.5 Å². The van der Waals surface area contributed by atoms with E-state index in [1.165, 1.54) is 0 Å². The van der Waals surface area contributed by atoms with Crippen LogP contribution >= 0.6 is 38.5 Å². The van der Waals surface area contributed by atoms with Crippen molar-refractivity contribution in [2.45, 2.75) is 13.8 Å². The Kier molecular flexibility index (Phi) is 3.29. The topological polar surface area (TPSA) is 17.1 Å². The van der Waals surface area contributed by atoms with Gasteiger partial charge >= 0.3 is 0 Å². The molecule has 0 atom stereocenters. The van der Waals surface area contributed by atoms with Gasteiger partial charge < -0.3 is 0 Å². The third kappa shape index (κ3) is 1.88. The van der Waals surface area contributed by atoms with E-state index in [0.717, 1.165) is 19.2 Å². The van der Waals surface area contributed by atoms with E-state index in [-0.39, 0.29) is 5.78 Å². The minimum atomic E-state index is 0.106. The summed E-state index contributed by atoms with van der Waals surface area (Å²) in [7, 11) is 0. The number of hydrogen-bond acceptors (Lipinski definition) is 1. The van der Waals surface area contributed by atoms with Crippen molar-refractivity contribution in [3.63, 3.8) is 0 Å². The maximum atomic E-state index is 11.2. The normalized spacial score (nSPS) is 10.0. The lowest BCUT2D eigenvalue weighted by atomic mass is 10.1. The Hall–Kier alpha value is 0.1000. The van der Waals surface area contributed by atoms with Gasteiger partial charge in [-0.2, -0.15) is 0 Å². The molecule has 64 valence electrons. The highest BCUT2D eigenvalue weighted by atomic mass is 127. The third-order valence-electron chi connectivity index (χ3n) is 1.64. The van der Waals surface area contributed by atoms with Crippen LogP contribution in [0.1, 0.15) is 22.8 Å². The first-order chi connectivity index (χ1) is 5.54. The zero-order chi connectivity index (χ0) is 9.30. The first-order valence-electron chi connectivity index (χ1n) is 3.49. The van der Waals surface area contributed by atoms with Gasteiger partial charge in [0.2, 0.25) is 0 Å². The Labute approximate surface area is 93.8 Å². The van der Waals surface area contributed by atoms with Gasteiger partial charge in [-0.1, -0.05) is 22.0 Å². The number of ketones is 1. The van der Waals surface area contributed by atoms with Gasteiger partial charge in [-0.05, 0) is 48.1 Å². The number of Topliss-reactive ketones (excluding diaryl/α,β-unsaturated/α-hetero) is 1. The van der Waals surface area contributed by atoms with Crippen LogP contribution in [0.4, 0.5) is 0 Å². The number of hydrogen-bond donors (Lipinski definition) is 0. The van der Waals surface area contributed by atoms with Gasteiger partial charge in [0, 0.05) is 13.6 Å². The Morgan fingerprint density at radius 3 is 2.50 bits per heavy atom. The summed E-state index contributed by atoms with van der Waals surface area (Å²) in [5, 5.41) is 0. The summed E-state index contributed by atoms with van der Waals surface area (Å²) in [6.45, 7) is 3.59. The van der Waals surface area contributed by atoms with Crippen LogP contribution in [0.5, 0.6) is 0 Å². The number of halogens is 2. The predicted molar refractivity (Wildman–Crippen MR) is 61.6 cm³/mol. The quantitative estimate of drug-likeness (QED) is 0.565. The molecule has 0 spiro atoms. The second-order valence-electron chi connectivity index (χ2n) is 2.61. The molecule has 12 heavy (non-hydrogen) atoms. The summed E-state index contributed by atoms with van der Waals surface area (Å²) >= 11 is 5.55. The van der Waals surface area contributed by atoms with Gasteiger partial charge in [0.1, 0.15) is 0 Å². The van der Waals surface area contributed by atoms with Gasteiger partial charge in [-0.25, -0.2) is 0 Å². The van der Waals surface area contributed by atoms with E-state index in [9.17, 15) is 4.79 Å². The Morgan fingerprint density at radius 2 is 2.08 bits per heavy atom. The lowest BCUT2D eigenvalue weighted by Gasteiger charge is -2.05. The molecule has 0 unspecified atom stereocenters. The number of carbonyl (C=O) groups is 1. The van der Waals surface area contributed by atoms with Crippen molar-refractivity contribution >= 4 is 44.3 Å². The van der Waals surface area contributed by atoms with Gasteiger partial charge in [0.15, 0.2) is 5.78 Å². The van der Waals surface area contributed by atoms with E-state index >= 15 is 0 Å². The summed E-state index contributed by atoms with van der Waals surface area (Å²) in [6.07, 6.45) is 0. The highest BCUT2D eigenvalue weighted by molar-refractivity contribution is 14.1. The fraction of sp³-hybridized carbons (Fsp3) is 0.222. The monoisotopic (exact) mass is 338 g/mol. The smallest absolute Gasteiger partial charge is 0.162 e. The number of benzene rings is 1. The minimum absolute atomic E-state index is 0.106. The molecule has 0 heterocycles. The van der Waals surface area contributed by atoms with Gasteiger partial charge in [-0.3, -0.25) is 4.79 Å². The maximum absolute atomic E-state index is 11.2. The van der Waals surface area contributed by atoms with Gasteiger partial charge in [0.25, 0.3) is 0 Å². The van der Waals surface area contributed by atoms with E-state index < -0.39 is 0 Å². The Balaban J connectivity index is 3.43. The molecule has 1 rings (SSSR count). The Bertz CT molecular complexity index is 334. The fourth-order valence-electron chi connectivity index (χ4n) is 0.979. The predicted octanol–water partition coefficient (Wildman–Crippen LogP) is 3.56. The van der Waals surface area contributed by atoms with Gasteiger partial charge in [-0.15, -0.1) is 0 Å². The van der Waals surface area contributed by atoms with Crippen LogP contribution in [0.25, 0.3) is 0 Å². The average Bonchev–Trinajstić information content (AvgIpc) is 1.97. The molecule has 3 heteroatoms. The van der Waals surface area contributed by atoms with Crippen LogP contribution in [0.3, 0.4) is 0 Å². The number of carbonyl (C=O) groups excluding carboxylic acids is 1. The summed E-state index contributed by atoms with van der Waals surface area (Å²) in [5.41, 5.74) is 1.93. The molecule has 1 aromatic rings. The van der Waals surface area contributed by atoms with E-state index in [1.807, 2.05) is 19.1 Å². The molecule has 0 aromatic heterocycles. The van der Waals surface area contributed by atoms with Crippen molar-refractivity contribution in [3.05, 3.63) is 31.3 Å². The molecule has 0 fully saturated rings. The molecule has 0 bridgehead atoms. The van der Waals surface area contributed by atoms with E-state index in [2.05, 4.69) is 38.5 Å². The first-order valence-corrected chi connectivity index (χ1v) is 5.36. The standard InChI is InChI=1S/C9H8BrIO/c1-5-3-4-7(10)8(6(2)12)9(5)11/h3-4H,1-2H3. The molecule has 0 aliphatic heterocycles. The number of aryl methyl sites for hydroxylation is 1. The van der Waals surface area contributed by atoms with Crippen molar-refractivity contribution in [1.29, 1.82) is 0 Å². The van der Waals surface area contributed by atoms with Crippen molar-refractivity contribution in [2.75, 3.05) is 0 Å². The second kappa shape index (κ2) is 3.87. The molecule has 0 aliphatic carbocycles. The first kappa shape index (κ1) is 10.2. The van der Waals surface area contributed by atoms with Crippen LogP contribution in [0.2, 0.25) is 0 Å². The summed E-state index contributed by atoms with van der Waals surface area (Å²) in [4.78, 5) is 11.2. The molecule has 0 aliphatic rings. The maximum Gasteiger partial charge on any atom is 0.162 e. The third-order valence-corrected chi connectivity index (χ3v) is 3.69. The van der Waals surface area contributed by atoms with Crippen LogP contribution in [0.15, 0.2) is 16.6 Å².